The Morgan fingerprint density at radius 2 is 2.05 bits per heavy atom. The van der Waals surface area contributed by atoms with Crippen LogP contribution in [0, 0.1) is 12.3 Å². The van der Waals surface area contributed by atoms with Gasteiger partial charge in [-0.1, -0.05) is 32.4 Å². The molecule has 0 saturated heterocycles. The first kappa shape index (κ1) is 16.3. The first-order valence-electron chi connectivity index (χ1n) is 6.79. The molecule has 2 N–H and O–H groups in total. The number of hydrogen-bond acceptors (Lipinski definition) is 4. The highest BCUT2D eigenvalue weighted by Crippen LogP contribution is 2.17. The van der Waals surface area contributed by atoms with Crippen molar-refractivity contribution in [2.45, 2.75) is 40.7 Å². The summed E-state index contributed by atoms with van der Waals surface area (Å²) in [5.41, 5.74) is 6.82. The molecule has 4 nitrogen and oxygen atoms in total. The number of aromatic nitrogens is 2. The van der Waals surface area contributed by atoms with Gasteiger partial charge in [0.15, 0.2) is 0 Å². The van der Waals surface area contributed by atoms with Gasteiger partial charge in [0.25, 0.3) is 0 Å². The molecule has 0 aliphatic carbocycles. The third kappa shape index (κ3) is 5.85. The van der Waals surface area contributed by atoms with Crippen LogP contribution >= 0.6 is 11.6 Å². The molecule has 0 saturated carbocycles. The van der Waals surface area contributed by atoms with Crippen LogP contribution in [0.2, 0.25) is 5.15 Å². The summed E-state index contributed by atoms with van der Waals surface area (Å²) >= 11 is 5.98. The average molecular weight is 285 g/mol. The monoisotopic (exact) mass is 284 g/mol. The van der Waals surface area contributed by atoms with Crippen molar-refractivity contribution in [1.82, 2.24) is 14.9 Å². The maximum absolute atomic E-state index is 5.98. The molecule has 108 valence electrons. The molecule has 0 amide bonds. The molecule has 0 bridgehead atoms. The predicted molar refractivity (Wildman–Crippen MR) is 80.2 cm³/mol. The SMILES string of the molecule is CCCN(Cc1nc(C)cc(Cl)n1)CC(C)(C)CN. The molecule has 5 heteroatoms. The van der Waals surface area contributed by atoms with Crippen LogP contribution in [-0.2, 0) is 6.54 Å². The molecular weight excluding hydrogens is 260 g/mol. The Morgan fingerprint density at radius 3 is 2.58 bits per heavy atom. The van der Waals surface area contributed by atoms with Gasteiger partial charge < -0.3 is 5.73 Å². The smallest absolute Gasteiger partial charge is 0.144 e. The Hall–Kier alpha value is -0.710. The molecule has 0 fully saturated rings. The molecule has 0 radical (unpaired) electrons. The van der Waals surface area contributed by atoms with Gasteiger partial charge in [-0.15, -0.1) is 0 Å². The highest BCUT2D eigenvalue weighted by molar-refractivity contribution is 6.29. The van der Waals surface area contributed by atoms with Crippen molar-refractivity contribution in [3.05, 3.63) is 22.7 Å². The lowest BCUT2D eigenvalue weighted by Crippen LogP contribution is -2.39. The second-order valence-electron chi connectivity index (χ2n) is 5.83. The fraction of sp³-hybridized carbons (Fsp3) is 0.714. The molecule has 0 aromatic carbocycles. The average Bonchev–Trinajstić information content (AvgIpc) is 2.27. The quantitative estimate of drug-likeness (QED) is 0.782. The second-order valence-corrected chi connectivity index (χ2v) is 6.21. The molecule has 0 aliphatic rings. The molecule has 0 atom stereocenters. The van der Waals surface area contributed by atoms with Crippen LogP contribution in [0.15, 0.2) is 6.07 Å². The van der Waals surface area contributed by atoms with Gasteiger partial charge in [0.1, 0.15) is 11.0 Å². The van der Waals surface area contributed by atoms with Crippen LogP contribution in [-0.4, -0.2) is 34.5 Å². The lowest BCUT2D eigenvalue weighted by atomic mass is 9.93. The number of nitrogens with zero attached hydrogens (tertiary/aromatic N) is 3. The zero-order valence-electron chi connectivity index (χ0n) is 12.4. The molecule has 19 heavy (non-hydrogen) atoms. The number of halogens is 1. The summed E-state index contributed by atoms with van der Waals surface area (Å²) in [6.45, 7) is 11.8. The Kier molecular flexibility index (Phi) is 6.17. The standard InChI is InChI=1S/C14H25ClN4/c1-5-6-19(10-14(3,4)9-16)8-13-17-11(2)7-12(15)18-13/h7H,5-6,8-10,16H2,1-4H3. The van der Waals surface area contributed by atoms with E-state index in [1.54, 1.807) is 6.07 Å². The first-order chi connectivity index (χ1) is 8.86. The van der Waals surface area contributed by atoms with Gasteiger partial charge in [0.05, 0.1) is 6.54 Å². The van der Waals surface area contributed by atoms with Gasteiger partial charge in [-0.25, -0.2) is 9.97 Å². The summed E-state index contributed by atoms with van der Waals surface area (Å²) < 4.78 is 0. The van der Waals surface area contributed by atoms with E-state index in [1.807, 2.05) is 6.92 Å². The van der Waals surface area contributed by atoms with Crippen molar-refractivity contribution in [2.24, 2.45) is 11.1 Å². The van der Waals surface area contributed by atoms with E-state index in [4.69, 9.17) is 17.3 Å². The molecule has 1 aromatic heterocycles. The minimum Gasteiger partial charge on any atom is -0.330 e. The summed E-state index contributed by atoms with van der Waals surface area (Å²) in [7, 11) is 0. The van der Waals surface area contributed by atoms with Crippen LogP contribution < -0.4 is 5.73 Å². The van der Waals surface area contributed by atoms with E-state index in [0.29, 0.717) is 11.7 Å². The molecule has 0 spiro atoms. The van der Waals surface area contributed by atoms with E-state index in [2.05, 4.69) is 35.6 Å². The van der Waals surface area contributed by atoms with Crippen LogP contribution in [0.1, 0.15) is 38.7 Å². The van der Waals surface area contributed by atoms with Crippen LogP contribution in [0.3, 0.4) is 0 Å². The summed E-state index contributed by atoms with van der Waals surface area (Å²) in [5.74, 6) is 0.784. The molecule has 1 rings (SSSR count). The third-order valence-electron chi connectivity index (χ3n) is 2.98. The Morgan fingerprint density at radius 1 is 1.37 bits per heavy atom. The van der Waals surface area contributed by atoms with Crippen molar-refractivity contribution in [1.29, 1.82) is 0 Å². The predicted octanol–water partition coefficient (Wildman–Crippen LogP) is 2.64. The van der Waals surface area contributed by atoms with E-state index >= 15 is 0 Å². The van der Waals surface area contributed by atoms with Crippen molar-refractivity contribution in [2.75, 3.05) is 19.6 Å². The van der Waals surface area contributed by atoms with E-state index in [1.165, 1.54) is 0 Å². The normalized spacial score (nSPS) is 12.2. The fourth-order valence-electron chi connectivity index (χ4n) is 2.06. The lowest BCUT2D eigenvalue weighted by Gasteiger charge is -2.31. The number of rotatable bonds is 7. The van der Waals surface area contributed by atoms with Crippen LogP contribution in [0.4, 0.5) is 0 Å². The lowest BCUT2D eigenvalue weighted by molar-refractivity contribution is 0.172. The highest BCUT2D eigenvalue weighted by atomic mass is 35.5. The van der Waals surface area contributed by atoms with E-state index < -0.39 is 0 Å². The van der Waals surface area contributed by atoms with Gasteiger partial charge >= 0.3 is 0 Å². The van der Waals surface area contributed by atoms with Crippen LogP contribution in [0.25, 0.3) is 0 Å². The zero-order valence-corrected chi connectivity index (χ0v) is 13.2. The van der Waals surface area contributed by atoms with Gasteiger partial charge in [0.2, 0.25) is 0 Å². The molecule has 1 heterocycles. The Bertz CT molecular complexity index is 386. The fourth-order valence-corrected chi connectivity index (χ4v) is 2.32. The minimum absolute atomic E-state index is 0.1000. The topological polar surface area (TPSA) is 55.0 Å². The number of aryl methyl sites for hydroxylation is 1. The zero-order chi connectivity index (χ0) is 14.5. The third-order valence-corrected chi connectivity index (χ3v) is 3.17. The van der Waals surface area contributed by atoms with Crippen molar-refractivity contribution in [3.8, 4) is 0 Å². The molecule has 1 aromatic rings. The largest absolute Gasteiger partial charge is 0.330 e. The van der Waals surface area contributed by atoms with E-state index in [9.17, 15) is 0 Å². The van der Waals surface area contributed by atoms with E-state index in [0.717, 1.165) is 37.6 Å². The Labute approximate surface area is 121 Å². The Balaban J connectivity index is 2.77. The van der Waals surface area contributed by atoms with Crippen molar-refractivity contribution < 1.29 is 0 Å². The van der Waals surface area contributed by atoms with E-state index in [-0.39, 0.29) is 5.41 Å². The minimum atomic E-state index is 0.1000. The highest BCUT2D eigenvalue weighted by Gasteiger charge is 2.20. The summed E-state index contributed by atoms with van der Waals surface area (Å²) in [4.78, 5) is 11.1. The number of nitrogens with two attached hydrogens (primary N) is 1. The maximum atomic E-state index is 5.98. The molecule has 0 unspecified atom stereocenters. The van der Waals surface area contributed by atoms with Gasteiger partial charge in [0, 0.05) is 12.2 Å². The van der Waals surface area contributed by atoms with Crippen molar-refractivity contribution in [3.63, 3.8) is 0 Å². The van der Waals surface area contributed by atoms with Crippen molar-refractivity contribution >= 4 is 11.6 Å². The molecular formula is C14H25ClN4. The summed E-state index contributed by atoms with van der Waals surface area (Å²) in [6.07, 6.45) is 1.10. The maximum Gasteiger partial charge on any atom is 0.144 e. The van der Waals surface area contributed by atoms with Gasteiger partial charge in [-0.3, -0.25) is 4.90 Å². The van der Waals surface area contributed by atoms with Crippen LogP contribution in [0.5, 0.6) is 0 Å². The van der Waals surface area contributed by atoms with Gasteiger partial charge in [-0.2, -0.15) is 0 Å². The van der Waals surface area contributed by atoms with Gasteiger partial charge in [-0.05, 0) is 37.9 Å². The number of hydrogen-bond donors (Lipinski definition) is 1. The molecule has 0 aliphatic heterocycles. The first-order valence-corrected chi connectivity index (χ1v) is 7.16. The summed E-state index contributed by atoms with van der Waals surface area (Å²) in [5, 5.41) is 0.511. The second kappa shape index (κ2) is 7.17. The summed E-state index contributed by atoms with van der Waals surface area (Å²) in [6, 6.07) is 1.78.